The van der Waals surface area contributed by atoms with Crippen molar-refractivity contribution in [1.29, 1.82) is 0 Å². The van der Waals surface area contributed by atoms with Crippen molar-refractivity contribution in [3.8, 4) is 5.88 Å². The van der Waals surface area contributed by atoms with Crippen molar-refractivity contribution in [2.45, 2.75) is 85.0 Å². The molecule has 0 fully saturated rings. The standard InChI is InChI=1S/C24H40N4O5S/c1-7-9-10-11-15-31-22-21(26-34-27-22)18-13-12-14-28(6,17-18)19(8-2)32-20(29)16-25-23(30)33-24(3,4)5/h13,19H,7-12,14-17H2,1-6H3/p+1. The van der Waals surface area contributed by atoms with Gasteiger partial charge in [0.2, 0.25) is 6.23 Å². The number of unbranched alkanes of at least 4 members (excludes halogenated alkanes) is 3. The van der Waals surface area contributed by atoms with Crippen LogP contribution in [0.3, 0.4) is 0 Å². The largest absolute Gasteiger partial charge is 0.475 e. The molecule has 1 aromatic rings. The van der Waals surface area contributed by atoms with E-state index < -0.39 is 17.7 Å². The number of rotatable bonds is 12. The highest BCUT2D eigenvalue weighted by Gasteiger charge is 2.38. The normalized spacial score (nSPS) is 19.2. The number of amides is 1. The van der Waals surface area contributed by atoms with Gasteiger partial charge in [0.1, 0.15) is 24.4 Å². The zero-order valence-corrected chi connectivity index (χ0v) is 22.3. The van der Waals surface area contributed by atoms with Gasteiger partial charge in [0.25, 0.3) is 5.88 Å². The van der Waals surface area contributed by atoms with E-state index in [-0.39, 0.29) is 12.8 Å². The third kappa shape index (κ3) is 8.87. The Labute approximate surface area is 207 Å². The number of hydrogen-bond acceptors (Lipinski definition) is 8. The predicted octanol–water partition coefficient (Wildman–Crippen LogP) is 4.53. The van der Waals surface area contributed by atoms with Crippen molar-refractivity contribution in [1.82, 2.24) is 14.1 Å². The van der Waals surface area contributed by atoms with Crippen LogP contribution in [0, 0.1) is 0 Å². The van der Waals surface area contributed by atoms with Crippen LogP contribution in [0.1, 0.15) is 78.8 Å². The molecule has 2 rings (SSSR count). The van der Waals surface area contributed by atoms with Crippen LogP contribution in [0.25, 0.3) is 5.57 Å². The summed E-state index contributed by atoms with van der Waals surface area (Å²) in [6.07, 6.45) is 7.22. The Kier molecular flexibility index (Phi) is 10.8. The molecule has 0 bridgehead atoms. The number of nitrogens with zero attached hydrogens (tertiary/aromatic N) is 3. The molecule has 192 valence electrons. The van der Waals surface area contributed by atoms with E-state index in [1.54, 1.807) is 20.8 Å². The molecule has 1 aliphatic rings. The molecule has 10 heteroatoms. The molecule has 1 aliphatic heterocycles. The topological polar surface area (TPSA) is 99.6 Å². The minimum atomic E-state index is -0.639. The molecule has 2 atom stereocenters. The highest BCUT2D eigenvalue weighted by atomic mass is 32.1. The fraction of sp³-hybridized carbons (Fsp3) is 0.750. The van der Waals surface area contributed by atoms with Gasteiger partial charge in [0.15, 0.2) is 0 Å². The zero-order valence-electron chi connectivity index (χ0n) is 21.5. The molecule has 0 aromatic carbocycles. The van der Waals surface area contributed by atoms with Gasteiger partial charge in [-0.25, -0.2) is 9.59 Å². The van der Waals surface area contributed by atoms with Crippen LogP contribution in [0.15, 0.2) is 6.08 Å². The Morgan fingerprint density at radius 1 is 1.21 bits per heavy atom. The summed E-state index contributed by atoms with van der Waals surface area (Å²) < 4.78 is 26.3. The van der Waals surface area contributed by atoms with Crippen LogP contribution in [-0.2, 0) is 14.3 Å². The number of hydrogen-bond donors (Lipinski definition) is 1. The number of esters is 1. The average molecular weight is 498 g/mol. The molecule has 1 N–H and O–H groups in total. The van der Waals surface area contributed by atoms with Crippen molar-refractivity contribution < 1.29 is 28.3 Å². The Balaban J connectivity index is 1.96. The maximum atomic E-state index is 12.5. The first kappa shape index (κ1) is 28.0. The lowest BCUT2D eigenvalue weighted by Crippen LogP contribution is -2.56. The minimum absolute atomic E-state index is 0.236. The van der Waals surface area contributed by atoms with Crippen molar-refractivity contribution in [2.24, 2.45) is 0 Å². The molecule has 0 saturated heterocycles. The molecule has 9 nitrogen and oxygen atoms in total. The van der Waals surface area contributed by atoms with Gasteiger partial charge in [-0.2, -0.15) is 4.37 Å². The maximum absolute atomic E-state index is 12.5. The average Bonchev–Trinajstić information content (AvgIpc) is 3.23. The van der Waals surface area contributed by atoms with Gasteiger partial charge >= 0.3 is 12.1 Å². The summed E-state index contributed by atoms with van der Waals surface area (Å²) in [6, 6.07) is 0. The SMILES string of the molecule is CCCCCCOc1nsnc1C1=CCC[N+](C)(C(CC)OC(=O)CNC(=O)OC(C)(C)C)C1. The molecule has 0 aliphatic carbocycles. The van der Waals surface area contributed by atoms with E-state index in [1.165, 1.54) is 12.8 Å². The third-order valence-electron chi connectivity index (χ3n) is 5.65. The first-order valence-electron chi connectivity index (χ1n) is 12.2. The van der Waals surface area contributed by atoms with E-state index in [0.717, 1.165) is 48.8 Å². The summed E-state index contributed by atoms with van der Waals surface area (Å²) >= 11 is 1.16. The van der Waals surface area contributed by atoms with E-state index in [0.29, 0.717) is 29.9 Å². The van der Waals surface area contributed by atoms with E-state index in [1.807, 2.05) is 6.92 Å². The summed E-state index contributed by atoms with van der Waals surface area (Å²) in [7, 11) is 2.08. The summed E-state index contributed by atoms with van der Waals surface area (Å²) in [4.78, 5) is 24.3. The molecule has 1 aromatic heterocycles. The number of aromatic nitrogens is 2. The number of ether oxygens (including phenoxy) is 3. The van der Waals surface area contributed by atoms with E-state index in [9.17, 15) is 9.59 Å². The van der Waals surface area contributed by atoms with Crippen LogP contribution in [-0.4, -0.2) is 70.4 Å². The lowest BCUT2D eigenvalue weighted by molar-refractivity contribution is -0.947. The van der Waals surface area contributed by atoms with Gasteiger partial charge < -0.3 is 19.5 Å². The number of carbonyl (C=O) groups is 2. The van der Waals surface area contributed by atoms with Gasteiger partial charge in [0, 0.05) is 18.4 Å². The molecule has 0 spiro atoms. The highest BCUT2D eigenvalue weighted by molar-refractivity contribution is 6.99. The van der Waals surface area contributed by atoms with E-state index in [2.05, 4.69) is 34.1 Å². The lowest BCUT2D eigenvalue weighted by atomic mass is 10.0. The predicted molar refractivity (Wildman–Crippen MR) is 132 cm³/mol. The molecule has 0 saturated carbocycles. The molecular weight excluding hydrogens is 456 g/mol. The molecule has 2 unspecified atom stereocenters. The van der Waals surface area contributed by atoms with Gasteiger partial charge in [-0.1, -0.05) is 39.2 Å². The highest BCUT2D eigenvalue weighted by Crippen LogP contribution is 2.32. The lowest BCUT2D eigenvalue weighted by Gasteiger charge is -2.42. The van der Waals surface area contributed by atoms with Crippen molar-refractivity contribution >= 4 is 29.4 Å². The summed E-state index contributed by atoms with van der Waals surface area (Å²) in [5.74, 6) is 0.104. The van der Waals surface area contributed by atoms with Crippen LogP contribution in [0.2, 0.25) is 0 Å². The fourth-order valence-electron chi connectivity index (χ4n) is 3.96. The molecule has 2 heterocycles. The summed E-state index contributed by atoms with van der Waals surface area (Å²) in [6.45, 7) is 11.4. The summed E-state index contributed by atoms with van der Waals surface area (Å²) in [5.41, 5.74) is 1.22. The Morgan fingerprint density at radius 3 is 2.65 bits per heavy atom. The quantitative estimate of drug-likeness (QED) is 0.257. The first-order chi connectivity index (χ1) is 16.1. The second-order valence-electron chi connectivity index (χ2n) is 9.91. The van der Waals surface area contributed by atoms with Crippen molar-refractivity contribution in [3.05, 3.63) is 11.8 Å². The summed E-state index contributed by atoms with van der Waals surface area (Å²) in [5, 5.41) is 2.47. The van der Waals surface area contributed by atoms with Crippen LogP contribution in [0.5, 0.6) is 5.88 Å². The van der Waals surface area contributed by atoms with E-state index in [4.69, 9.17) is 14.2 Å². The molecule has 34 heavy (non-hydrogen) atoms. The maximum Gasteiger partial charge on any atom is 0.408 e. The smallest absolute Gasteiger partial charge is 0.408 e. The molecule has 0 radical (unpaired) electrons. The number of carbonyl (C=O) groups excluding carboxylic acids is 2. The number of quaternary nitrogens is 1. The van der Waals surface area contributed by atoms with Gasteiger partial charge in [-0.3, -0.25) is 4.48 Å². The van der Waals surface area contributed by atoms with Gasteiger partial charge in [-0.05, 0) is 27.2 Å². The second-order valence-corrected chi connectivity index (χ2v) is 10.4. The molecular formula is C24H41N4O5S+. The van der Waals surface area contributed by atoms with Crippen LogP contribution in [0.4, 0.5) is 4.79 Å². The third-order valence-corrected chi connectivity index (χ3v) is 6.16. The fourth-order valence-corrected chi connectivity index (χ4v) is 4.49. The molecule has 1 amide bonds. The number of nitrogens with one attached hydrogen (secondary N) is 1. The minimum Gasteiger partial charge on any atom is -0.475 e. The Morgan fingerprint density at radius 2 is 1.97 bits per heavy atom. The Hall–Kier alpha value is -2.20. The van der Waals surface area contributed by atoms with E-state index >= 15 is 0 Å². The number of alkyl carbamates (subject to hydrolysis) is 1. The van der Waals surface area contributed by atoms with Crippen LogP contribution < -0.4 is 10.1 Å². The monoisotopic (exact) mass is 497 g/mol. The van der Waals surface area contributed by atoms with Crippen LogP contribution >= 0.6 is 11.7 Å². The first-order valence-corrected chi connectivity index (χ1v) is 13.0. The van der Waals surface area contributed by atoms with Gasteiger partial charge in [-0.15, -0.1) is 4.37 Å². The van der Waals surface area contributed by atoms with Crippen molar-refractivity contribution in [2.75, 3.05) is 33.3 Å². The van der Waals surface area contributed by atoms with Crippen molar-refractivity contribution in [3.63, 3.8) is 0 Å². The second kappa shape index (κ2) is 13.0. The van der Waals surface area contributed by atoms with Gasteiger partial charge in [0.05, 0.1) is 31.9 Å². The zero-order chi connectivity index (χ0) is 25.2. The number of likely N-dealkylation sites (N-methyl/N-ethyl adjacent to an activating group) is 1. The Bertz CT molecular complexity index is 836.